The minimum Gasteiger partial charge on any atom is -0.346 e. The number of carbonyl (C=O) groups excluding carboxylic acids is 2. The van der Waals surface area contributed by atoms with Crippen molar-refractivity contribution in [1.82, 2.24) is 5.32 Å². The Balaban J connectivity index is 1.75. The van der Waals surface area contributed by atoms with Gasteiger partial charge in [-0.05, 0) is 51.2 Å². The van der Waals surface area contributed by atoms with E-state index in [1.54, 1.807) is 6.07 Å². The van der Waals surface area contributed by atoms with E-state index in [9.17, 15) is 9.59 Å². The number of para-hydroxylation sites is 1. The van der Waals surface area contributed by atoms with Gasteiger partial charge in [-0.15, -0.1) is 11.8 Å². The Kier molecular flexibility index (Phi) is 7.29. The molecular formula is C20H23BrN2O2S. The van der Waals surface area contributed by atoms with Crippen LogP contribution in [0.4, 0.5) is 5.69 Å². The first-order chi connectivity index (χ1) is 12.3. The summed E-state index contributed by atoms with van der Waals surface area (Å²) in [5, 5.41) is 5.39. The molecule has 2 N–H and O–H groups in total. The summed E-state index contributed by atoms with van der Waals surface area (Å²) in [5.41, 5.74) is 2.05. The summed E-state index contributed by atoms with van der Waals surface area (Å²) in [4.78, 5) is 24.9. The predicted octanol–water partition coefficient (Wildman–Crippen LogP) is 4.59. The monoisotopic (exact) mass is 434 g/mol. The molecule has 0 bridgehead atoms. The van der Waals surface area contributed by atoms with Gasteiger partial charge in [-0.25, -0.2) is 0 Å². The van der Waals surface area contributed by atoms with E-state index in [0.29, 0.717) is 5.69 Å². The molecule has 0 atom stereocenters. The Morgan fingerprint density at radius 3 is 2.27 bits per heavy atom. The van der Waals surface area contributed by atoms with E-state index in [1.807, 2.05) is 30.3 Å². The third-order valence-electron chi connectivity index (χ3n) is 3.68. The number of amides is 2. The highest BCUT2D eigenvalue weighted by molar-refractivity contribution is 9.10. The molecule has 2 amide bonds. The SMILES string of the molecule is CC(C)(C)c1ccc(SCC(=O)NCC(=O)Nc2ccccc2Br)cc1. The first-order valence-corrected chi connectivity index (χ1v) is 10.1. The summed E-state index contributed by atoms with van der Waals surface area (Å²) in [6, 6.07) is 15.6. The standard InChI is InChI=1S/C20H23BrN2O2S/c1-20(2,3)14-8-10-15(11-9-14)26-13-19(25)22-12-18(24)23-17-7-5-4-6-16(17)21/h4-11H,12-13H2,1-3H3,(H,22,25)(H,23,24). The van der Waals surface area contributed by atoms with Gasteiger partial charge in [-0.1, -0.05) is 45.0 Å². The van der Waals surface area contributed by atoms with Crippen LogP contribution in [0.2, 0.25) is 0 Å². The van der Waals surface area contributed by atoms with Crippen molar-refractivity contribution < 1.29 is 9.59 Å². The van der Waals surface area contributed by atoms with Crippen molar-refractivity contribution in [3.8, 4) is 0 Å². The van der Waals surface area contributed by atoms with Crippen molar-refractivity contribution in [3.63, 3.8) is 0 Å². The van der Waals surface area contributed by atoms with E-state index in [1.165, 1.54) is 17.3 Å². The molecule has 2 aromatic carbocycles. The molecular weight excluding hydrogens is 412 g/mol. The smallest absolute Gasteiger partial charge is 0.243 e. The minimum atomic E-state index is -0.259. The van der Waals surface area contributed by atoms with Gasteiger partial charge in [0.1, 0.15) is 0 Å². The third kappa shape index (κ3) is 6.50. The van der Waals surface area contributed by atoms with Crippen molar-refractivity contribution >= 4 is 45.2 Å². The maximum Gasteiger partial charge on any atom is 0.243 e. The quantitative estimate of drug-likeness (QED) is 0.653. The van der Waals surface area contributed by atoms with Crippen LogP contribution in [0.3, 0.4) is 0 Å². The van der Waals surface area contributed by atoms with Gasteiger partial charge in [0.2, 0.25) is 11.8 Å². The highest BCUT2D eigenvalue weighted by atomic mass is 79.9. The summed E-state index contributed by atoms with van der Waals surface area (Å²) in [7, 11) is 0. The molecule has 0 aromatic heterocycles. The van der Waals surface area contributed by atoms with Crippen molar-refractivity contribution in [2.24, 2.45) is 0 Å². The summed E-state index contributed by atoms with van der Waals surface area (Å²) >= 11 is 4.82. The second-order valence-electron chi connectivity index (χ2n) is 6.87. The van der Waals surface area contributed by atoms with Crippen LogP contribution in [-0.4, -0.2) is 24.1 Å². The number of hydrogen-bond acceptors (Lipinski definition) is 3. The number of anilines is 1. The molecule has 0 saturated carbocycles. The number of thioether (sulfide) groups is 1. The average molecular weight is 435 g/mol. The molecule has 0 aliphatic heterocycles. The van der Waals surface area contributed by atoms with Gasteiger partial charge in [0.05, 0.1) is 18.0 Å². The molecule has 26 heavy (non-hydrogen) atoms. The van der Waals surface area contributed by atoms with Gasteiger partial charge in [0.25, 0.3) is 0 Å². The number of benzene rings is 2. The van der Waals surface area contributed by atoms with E-state index in [-0.39, 0.29) is 29.5 Å². The Hall–Kier alpha value is -1.79. The molecule has 0 heterocycles. The maximum atomic E-state index is 11.9. The molecule has 2 rings (SSSR count). The van der Waals surface area contributed by atoms with Gasteiger partial charge in [0.15, 0.2) is 0 Å². The molecule has 0 aliphatic rings. The van der Waals surface area contributed by atoms with Crippen molar-refractivity contribution in [2.45, 2.75) is 31.1 Å². The zero-order chi connectivity index (χ0) is 19.2. The molecule has 138 valence electrons. The van der Waals surface area contributed by atoms with Crippen LogP contribution >= 0.6 is 27.7 Å². The summed E-state index contributed by atoms with van der Waals surface area (Å²) < 4.78 is 0.800. The molecule has 0 aliphatic carbocycles. The van der Waals surface area contributed by atoms with Crippen molar-refractivity contribution in [2.75, 3.05) is 17.6 Å². The number of rotatable bonds is 6. The predicted molar refractivity (Wildman–Crippen MR) is 112 cm³/mol. The second kappa shape index (κ2) is 9.24. The van der Waals surface area contributed by atoms with Crippen LogP contribution in [0.25, 0.3) is 0 Å². The number of hydrogen-bond donors (Lipinski definition) is 2. The normalized spacial score (nSPS) is 11.1. The van der Waals surface area contributed by atoms with Crippen molar-refractivity contribution in [1.29, 1.82) is 0 Å². The fourth-order valence-corrected chi connectivity index (χ4v) is 3.30. The summed E-state index contributed by atoms with van der Waals surface area (Å²) in [6.45, 7) is 6.45. The van der Waals surface area contributed by atoms with Crippen LogP contribution < -0.4 is 10.6 Å². The Bertz CT molecular complexity index is 770. The van der Waals surface area contributed by atoms with E-state index >= 15 is 0 Å². The Morgan fingerprint density at radius 2 is 1.65 bits per heavy atom. The number of nitrogens with one attached hydrogen (secondary N) is 2. The fraction of sp³-hybridized carbons (Fsp3) is 0.300. The Labute approximate surface area is 167 Å². The molecule has 2 aromatic rings. The molecule has 0 spiro atoms. The first-order valence-electron chi connectivity index (χ1n) is 8.30. The zero-order valence-electron chi connectivity index (χ0n) is 15.1. The van der Waals surface area contributed by atoms with Gasteiger partial charge in [0, 0.05) is 9.37 Å². The number of halogens is 1. The fourth-order valence-electron chi connectivity index (χ4n) is 2.19. The van der Waals surface area contributed by atoms with Crippen LogP contribution in [0.5, 0.6) is 0 Å². The highest BCUT2D eigenvalue weighted by Gasteiger charge is 2.13. The van der Waals surface area contributed by atoms with E-state index in [2.05, 4.69) is 59.5 Å². The van der Waals surface area contributed by atoms with Crippen LogP contribution in [0.1, 0.15) is 26.3 Å². The van der Waals surface area contributed by atoms with Gasteiger partial charge in [-0.2, -0.15) is 0 Å². The molecule has 4 nitrogen and oxygen atoms in total. The lowest BCUT2D eigenvalue weighted by molar-refractivity contribution is -0.122. The third-order valence-corrected chi connectivity index (χ3v) is 5.39. The van der Waals surface area contributed by atoms with Crippen LogP contribution in [0.15, 0.2) is 57.9 Å². The molecule has 0 saturated heterocycles. The minimum absolute atomic E-state index is 0.0519. The van der Waals surface area contributed by atoms with E-state index in [4.69, 9.17) is 0 Å². The summed E-state index contributed by atoms with van der Waals surface area (Å²) in [6.07, 6.45) is 0. The molecule has 0 fully saturated rings. The molecule has 0 radical (unpaired) electrons. The molecule has 0 unspecified atom stereocenters. The van der Waals surface area contributed by atoms with Gasteiger partial charge < -0.3 is 10.6 Å². The van der Waals surface area contributed by atoms with Crippen molar-refractivity contribution in [3.05, 3.63) is 58.6 Å². The Morgan fingerprint density at radius 1 is 1.00 bits per heavy atom. The van der Waals surface area contributed by atoms with E-state index < -0.39 is 0 Å². The van der Waals surface area contributed by atoms with Crippen LogP contribution in [0, 0.1) is 0 Å². The maximum absolute atomic E-state index is 11.9. The second-order valence-corrected chi connectivity index (χ2v) is 8.77. The summed E-state index contributed by atoms with van der Waals surface area (Å²) in [5.74, 6) is -0.154. The van der Waals surface area contributed by atoms with Gasteiger partial charge >= 0.3 is 0 Å². The average Bonchev–Trinajstić information content (AvgIpc) is 2.60. The molecule has 6 heteroatoms. The first kappa shape index (κ1) is 20.5. The number of carbonyl (C=O) groups is 2. The highest BCUT2D eigenvalue weighted by Crippen LogP contribution is 2.25. The van der Waals surface area contributed by atoms with Crippen LogP contribution in [-0.2, 0) is 15.0 Å². The lowest BCUT2D eigenvalue weighted by atomic mass is 9.87. The van der Waals surface area contributed by atoms with Gasteiger partial charge in [-0.3, -0.25) is 9.59 Å². The lowest BCUT2D eigenvalue weighted by Gasteiger charge is -2.19. The topological polar surface area (TPSA) is 58.2 Å². The zero-order valence-corrected chi connectivity index (χ0v) is 17.5. The lowest BCUT2D eigenvalue weighted by Crippen LogP contribution is -2.33. The largest absolute Gasteiger partial charge is 0.346 e. The van der Waals surface area contributed by atoms with E-state index in [0.717, 1.165) is 9.37 Å².